The lowest BCUT2D eigenvalue weighted by atomic mass is 9.96. The smallest absolute Gasteiger partial charge is 0.282 e. The van der Waals surface area contributed by atoms with Gasteiger partial charge >= 0.3 is 0 Å². The summed E-state index contributed by atoms with van der Waals surface area (Å²) in [7, 11) is 0. The van der Waals surface area contributed by atoms with Crippen LogP contribution in [-0.4, -0.2) is 63.5 Å². The van der Waals surface area contributed by atoms with Crippen molar-refractivity contribution in [2.45, 2.75) is 75.8 Å². The Morgan fingerprint density at radius 1 is 1.00 bits per heavy atom. The van der Waals surface area contributed by atoms with Crippen LogP contribution in [0.1, 0.15) is 95.3 Å². The Hall–Kier alpha value is -3.67. The molecule has 46 heavy (non-hydrogen) atoms. The molecule has 12 heteroatoms. The Morgan fingerprint density at radius 3 is 2.46 bits per heavy atom. The molecule has 0 spiro atoms. The van der Waals surface area contributed by atoms with Crippen molar-refractivity contribution in [3.8, 4) is 11.1 Å². The van der Waals surface area contributed by atoms with Crippen molar-refractivity contribution >= 4 is 29.2 Å². The van der Waals surface area contributed by atoms with Crippen LogP contribution in [-0.2, 0) is 6.54 Å². The van der Waals surface area contributed by atoms with Gasteiger partial charge in [-0.15, -0.1) is 0 Å². The number of benzene rings is 1. The highest BCUT2D eigenvalue weighted by Gasteiger charge is 2.46. The molecule has 3 fully saturated rings. The van der Waals surface area contributed by atoms with E-state index in [4.69, 9.17) is 16.7 Å². The molecule has 2 saturated carbocycles. The highest BCUT2D eigenvalue weighted by molar-refractivity contribution is 6.31. The number of halogens is 3. The maximum Gasteiger partial charge on any atom is 0.282 e. The van der Waals surface area contributed by atoms with E-state index in [2.05, 4.69) is 15.6 Å². The van der Waals surface area contributed by atoms with Crippen LogP contribution >= 0.6 is 11.6 Å². The molecule has 3 aliphatic rings. The second-order valence-corrected chi connectivity index (χ2v) is 13.1. The van der Waals surface area contributed by atoms with Crippen molar-refractivity contribution < 1.29 is 23.5 Å². The molecule has 2 aromatic heterocycles. The molecule has 3 N–H and O–H groups in total. The Bertz CT molecular complexity index is 1680. The Kier molecular flexibility index (Phi) is 9.54. The minimum atomic E-state index is -2.91. The molecule has 3 aromatic rings. The second-order valence-electron chi connectivity index (χ2n) is 12.6. The van der Waals surface area contributed by atoms with Gasteiger partial charge in [0.15, 0.2) is 0 Å². The number of carbonyl (C=O) groups is 2. The van der Waals surface area contributed by atoms with Crippen molar-refractivity contribution in [2.75, 3.05) is 31.6 Å². The first kappa shape index (κ1) is 32.3. The molecular formula is C34H38ClF2N5O4. The number of nitrogens with zero attached hydrogens (tertiary/aromatic N) is 3. The number of aliphatic hydroxyl groups is 1. The van der Waals surface area contributed by atoms with Crippen LogP contribution in [0.3, 0.4) is 0 Å². The molecule has 1 saturated heterocycles. The van der Waals surface area contributed by atoms with Gasteiger partial charge in [-0.05, 0) is 92.1 Å². The highest BCUT2D eigenvalue weighted by atomic mass is 35.5. The zero-order valence-corrected chi connectivity index (χ0v) is 26.3. The number of rotatable bonds is 14. The highest BCUT2D eigenvalue weighted by Crippen LogP contribution is 2.42. The maximum atomic E-state index is 13.7. The predicted octanol–water partition coefficient (Wildman–Crippen LogP) is 5.76. The molecule has 0 unspecified atom stereocenters. The Morgan fingerprint density at radius 2 is 1.76 bits per heavy atom. The normalized spacial score (nSPS) is 17.1. The number of pyridine rings is 2. The number of aliphatic hydroxyl groups excluding tert-OH is 1. The molecular weight excluding hydrogens is 616 g/mol. The van der Waals surface area contributed by atoms with Crippen LogP contribution in [0.4, 0.5) is 14.6 Å². The van der Waals surface area contributed by atoms with Crippen molar-refractivity contribution in [1.29, 1.82) is 0 Å². The van der Waals surface area contributed by atoms with Gasteiger partial charge in [0, 0.05) is 47.6 Å². The summed E-state index contributed by atoms with van der Waals surface area (Å²) in [6.45, 7) is 0.183. The number of aromatic nitrogens is 2. The standard InChI is InChI=1S/C34H38ClF2N5O4/c35-24-7-10-26(27(16-24)32(45)41-19-34(36,37)20-41)23-14-29(22-5-6-22)39-30(15-23)40-31(44)28-13-21(17-38-11-3-1-2-4-12-43)18-42(33(28)46)25-8-9-25/h7,10,13-16,18,22,25,38,43H,1-6,8-9,11-12,17,19-20H2,(H,39,40,44). The molecule has 0 radical (unpaired) electrons. The van der Waals surface area contributed by atoms with Gasteiger partial charge in [0.1, 0.15) is 11.4 Å². The van der Waals surface area contributed by atoms with Gasteiger partial charge in [-0.25, -0.2) is 13.8 Å². The largest absolute Gasteiger partial charge is 0.396 e. The summed E-state index contributed by atoms with van der Waals surface area (Å²) >= 11 is 6.23. The van der Waals surface area contributed by atoms with Crippen molar-refractivity contribution in [1.82, 2.24) is 19.8 Å². The third kappa shape index (κ3) is 7.65. The summed E-state index contributed by atoms with van der Waals surface area (Å²) in [6, 6.07) is 9.96. The van der Waals surface area contributed by atoms with Gasteiger partial charge in [-0.3, -0.25) is 14.4 Å². The minimum absolute atomic E-state index is 0.0235. The van der Waals surface area contributed by atoms with Gasteiger partial charge in [0.2, 0.25) is 0 Å². The van der Waals surface area contributed by atoms with Crippen LogP contribution in [0.2, 0.25) is 5.02 Å². The number of hydrogen-bond acceptors (Lipinski definition) is 6. The quantitative estimate of drug-likeness (QED) is 0.191. The lowest BCUT2D eigenvalue weighted by Gasteiger charge is -2.39. The summed E-state index contributed by atoms with van der Waals surface area (Å²) in [5, 5.41) is 15.5. The number of hydrogen-bond donors (Lipinski definition) is 3. The molecule has 6 rings (SSSR count). The van der Waals surface area contributed by atoms with Crippen molar-refractivity contribution in [2.24, 2.45) is 0 Å². The summed E-state index contributed by atoms with van der Waals surface area (Å²) in [6.07, 6.45) is 9.20. The minimum Gasteiger partial charge on any atom is -0.396 e. The first-order chi connectivity index (χ1) is 22.1. The third-order valence-electron chi connectivity index (χ3n) is 8.61. The molecule has 1 aromatic carbocycles. The molecule has 0 bridgehead atoms. The summed E-state index contributed by atoms with van der Waals surface area (Å²) in [4.78, 5) is 46.1. The number of alkyl halides is 2. The van der Waals surface area contributed by atoms with Gasteiger partial charge < -0.3 is 25.2 Å². The zero-order valence-electron chi connectivity index (χ0n) is 25.5. The Balaban J connectivity index is 1.25. The van der Waals surface area contributed by atoms with Gasteiger partial charge in [0.05, 0.1) is 13.1 Å². The zero-order chi connectivity index (χ0) is 32.4. The number of anilines is 1. The SMILES string of the molecule is O=C(Nc1cc(-c2ccc(Cl)cc2C(=O)N2CC(F)(F)C2)cc(C2CC2)n1)c1cc(CNCCCCCCO)cn(C2CC2)c1=O. The van der Waals surface area contributed by atoms with Crippen LogP contribution in [0.15, 0.2) is 47.4 Å². The fourth-order valence-corrected chi connectivity index (χ4v) is 5.98. The number of carbonyl (C=O) groups excluding carboxylic acids is 2. The first-order valence-corrected chi connectivity index (χ1v) is 16.4. The van der Waals surface area contributed by atoms with E-state index in [1.807, 2.05) is 12.3 Å². The average Bonchev–Trinajstić information content (AvgIpc) is 3.93. The van der Waals surface area contributed by atoms with E-state index in [1.165, 1.54) is 6.07 Å². The van der Waals surface area contributed by atoms with Gasteiger partial charge in [0.25, 0.3) is 23.3 Å². The lowest BCUT2D eigenvalue weighted by molar-refractivity contribution is -0.113. The number of unbranched alkanes of at least 4 members (excludes halogenated alkanes) is 3. The molecule has 2 amide bonds. The number of likely N-dealkylation sites (tertiary alicyclic amines) is 1. The molecule has 3 heterocycles. The van der Waals surface area contributed by atoms with E-state index in [1.54, 1.807) is 28.8 Å². The molecule has 0 atom stereocenters. The average molecular weight is 654 g/mol. The monoisotopic (exact) mass is 653 g/mol. The van der Waals surface area contributed by atoms with Crippen LogP contribution in [0, 0.1) is 0 Å². The van der Waals surface area contributed by atoms with E-state index >= 15 is 0 Å². The van der Waals surface area contributed by atoms with E-state index in [0.29, 0.717) is 22.7 Å². The molecule has 9 nitrogen and oxygen atoms in total. The predicted molar refractivity (Wildman–Crippen MR) is 172 cm³/mol. The van der Waals surface area contributed by atoms with Crippen molar-refractivity contribution in [3.63, 3.8) is 0 Å². The topological polar surface area (TPSA) is 117 Å². The first-order valence-electron chi connectivity index (χ1n) is 16.0. The van der Waals surface area contributed by atoms with Crippen LogP contribution in [0.5, 0.6) is 0 Å². The summed E-state index contributed by atoms with van der Waals surface area (Å²) < 4.78 is 28.8. The van der Waals surface area contributed by atoms with E-state index in [-0.39, 0.29) is 41.1 Å². The van der Waals surface area contributed by atoms with E-state index in [0.717, 1.165) is 74.1 Å². The Labute approximate surface area is 271 Å². The summed E-state index contributed by atoms with van der Waals surface area (Å²) in [5.74, 6) is -3.60. The molecule has 2 aliphatic carbocycles. The van der Waals surface area contributed by atoms with Crippen LogP contribution in [0.25, 0.3) is 11.1 Å². The second kappa shape index (κ2) is 13.6. The number of amides is 2. The van der Waals surface area contributed by atoms with Crippen molar-refractivity contribution in [3.05, 3.63) is 80.4 Å². The van der Waals surface area contributed by atoms with Gasteiger partial charge in [-0.2, -0.15) is 0 Å². The van der Waals surface area contributed by atoms with Gasteiger partial charge in [-0.1, -0.05) is 30.5 Å². The molecule has 244 valence electrons. The number of nitrogens with one attached hydrogen (secondary N) is 2. The third-order valence-corrected chi connectivity index (χ3v) is 8.85. The lowest BCUT2D eigenvalue weighted by Crippen LogP contribution is -2.58. The van der Waals surface area contributed by atoms with Crippen LogP contribution < -0.4 is 16.2 Å². The van der Waals surface area contributed by atoms with E-state index in [9.17, 15) is 23.2 Å². The summed E-state index contributed by atoms with van der Waals surface area (Å²) in [5.41, 5.74) is 2.50. The van der Waals surface area contributed by atoms with E-state index < -0.39 is 30.8 Å². The maximum absolute atomic E-state index is 13.7. The fourth-order valence-electron chi connectivity index (χ4n) is 5.81. The molecule has 1 aliphatic heterocycles. The fraction of sp³-hybridized carbons (Fsp3) is 0.471.